The van der Waals surface area contributed by atoms with Gasteiger partial charge in [0.1, 0.15) is 11.5 Å². The summed E-state index contributed by atoms with van der Waals surface area (Å²) in [4.78, 5) is 0. The van der Waals surface area contributed by atoms with Crippen LogP contribution in [0.15, 0.2) is 48.5 Å². The van der Waals surface area contributed by atoms with Gasteiger partial charge in [-0.15, -0.1) is 0 Å². The molecular formula is C17H10F8O2. The van der Waals surface area contributed by atoms with E-state index in [1.54, 1.807) is 0 Å². The molecule has 10 heteroatoms. The molecule has 0 aliphatic heterocycles. The van der Waals surface area contributed by atoms with Crippen LogP contribution in [0.1, 0.15) is 11.1 Å². The maximum atomic E-state index is 14.8. The molecule has 0 saturated heterocycles. The Morgan fingerprint density at radius 1 is 0.444 bits per heavy atom. The third-order valence-electron chi connectivity index (χ3n) is 4.73. The van der Waals surface area contributed by atoms with Crippen LogP contribution < -0.4 is 0 Å². The molecule has 0 spiro atoms. The third-order valence-corrected chi connectivity index (χ3v) is 4.73. The van der Waals surface area contributed by atoms with Gasteiger partial charge in [0.2, 0.25) is 0 Å². The second-order valence-electron chi connectivity index (χ2n) is 6.14. The Kier molecular flexibility index (Phi) is 3.75. The number of hydrogen-bond acceptors (Lipinski definition) is 2. The molecule has 27 heavy (non-hydrogen) atoms. The van der Waals surface area contributed by atoms with Gasteiger partial charge in [-0.25, -0.2) is 0 Å². The smallest absolute Gasteiger partial charge is 0.379 e. The van der Waals surface area contributed by atoms with E-state index in [4.69, 9.17) is 0 Å². The highest BCUT2D eigenvalue weighted by Crippen LogP contribution is 2.73. The van der Waals surface area contributed by atoms with Crippen molar-refractivity contribution in [2.24, 2.45) is 0 Å². The fraction of sp³-hybridized carbons (Fsp3) is 0.294. The fourth-order valence-corrected chi connectivity index (χ4v) is 3.38. The van der Waals surface area contributed by atoms with Gasteiger partial charge in [0.25, 0.3) is 0 Å². The molecule has 0 amide bonds. The lowest BCUT2D eigenvalue weighted by atomic mass is 9.68. The minimum absolute atomic E-state index is 0.446. The van der Waals surface area contributed by atoms with Gasteiger partial charge in [-0.1, -0.05) is 24.3 Å². The number of rotatable bonds is 2. The number of aromatic hydroxyl groups is 2. The summed E-state index contributed by atoms with van der Waals surface area (Å²) < 4.78 is 115. The van der Waals surface area contributed by atoms with E-state index in [2.05, 4.69) is 0 Å². The van der Waals surface area contributed by atoms with E-state index in [1.165, 1.54) is 0 Å². The van der Waals surface area contributed by atoms with Crippen molar-refractivity contribution in [2.75, 3.05) is 0 Å². The van der Waals surface area contributed by atoms with Crippen LogP contribution in [0, 0.1) is 0 Å². The summed E-state index contributed by atoms with van der Waals surface area (Å²) in [6, 6.07) is 4.33. The summed E-state index contributed by atoms with van der Waals surface area (Å²) in [7, 11) is 0. The zero-order valence-corrected chi connectivity index (χ0v) is 13.0. The molecule has 1 aliphatic rings. The SMILES string of the molecule is Oc1ccc(C2(c3ccc(O)cc3)C(F)(F)C(F)(F)C(F)(F)C2(F)F)cc1. The maximum absolute atomic E-state index is 14.8. The Hall–Kier alpha value is -2.52. The molecule has 0 aromatic heterocycles. The normalized spacial score (nSPS) is 23.9. The summed E-state index contributed by atoms with van der Waals surface area (Å²) in [6.07, 6.45) is 0. The van der Waals surface area contributed by atoms with Crippen LogP contribution in [0.3, 0.4) is 0 Å². The van der Waals surface area contributed by atoms with E-state index in [0.29, 0.717) is 48.5 Å². The average Bonchev–Trinajstić information content (AvgIpc) is 2.63. The van der Waals surface area contributed by atoms with E-state index in [0.717, 1.165) is 0 Å². The van der Waals surface area contributed by atoms with E-state index in [-0.39, 0.29) is 0 Å². The Balaban J connectivity index is 2.50. The van der Waals surface area contributed by atoms with Gasteiger partial charge in [-0.05, 0) is 35.4 Å². The molecule has 1 saturated carbocycles. The van der Waals surface area contributed by atoms with Gasteiger partial charge < -0.3 is 10.2 Å². The van der Waals surface area contributed by atoms with Crippen LogP contribution in [0.2, 0.25) is 0 Å². The minimum atomic E-state index is -6.39. The molecule has 2 N–H and O–H groups in total. The Labute approximate surface area is 146 Å². The highest BCUT2D eigenvalue weighted by atomic mass is 19.4. The lowest BCUT2D eigenvalue weighted by Gasteiger charge is -2.39. The standard InChI is InChI=1S/C17H10F8O2/c18-14(19)13(9-1-5-11(26)6-2-9,10-3-7-12(27)8-4-10)15(20,21)17(24,25)16(14,22)23/h1-8,26-27H. The van der Waals surface area contributed by atoms with Crippen LogP contribution in [-0.2, 0) is 5.41 Å². The van der Waals surface area contributed by atoms with Gasteiger partial charge in [0, 0.05) is 0 Å². The number of hydrogen-bond donors (Lipinski definition) is 2. The molecule has 0 unspecified atom stereocenters. The number of benzene rings is 2. The zero-order valence-electron chi connectivity index (χ0n) is 13.0. The van der Waals surface area contributed by atoms with Crippen molar-refractivity contribution in [1.29, 1.82) is 0 Å². The van der Waals surface area contributed by atoms with E-state index >= 15 is 0 Å². The van der Waals surface area contributed by atoms with Gasteiger partial charge in [-0.2, -0.15) is 35.1 Å². The second kappa shape index (κ2) is 5.26. The predicted octanol–water partition coefficient (Wildman–Crippen LogP) is 4.94. The van der Waals surface area contributed by atoms with Crippen LogP contribution >= 0.6 is 0 Å². The van der Waals surface area contributed by atoms with E-state index < -0.39 is 51.7 Å². The quantitative estimate of drug-likeness (QED) is 0.704. The molecule has 146 valence electrons. The molecule has 0 heterocycles. The van der Waals surface area contributed by atoms with Gasteiger partial charge >= 0.3 is 23.7 Å². The molecular weight excluding hydrogens is 388 g/mol. The molecule has 1 aliphatic carbocycles. The Morgan fingerprint density at radius 3 is 0.963 bits per heavy atom. The number of halogens is 8. The first-order chi connectivity index (χ1) is 12.2. The zero-order chi connectivity index (χ0) is 20.5. The first-order valence-electron chi connectivity index (χ1n) is 7.35. The summed E-state index contributed by atoms with van der Waals surface area (Å²) in [5.74, 6) is -25.8. The molecule has 2 aromatic carbocycles. The van der Waals surface area contributed by atoms with Crippen LogP contribution in [-0.4, -0.2) is 33.9 Å². The largest absolute Gasteiger partial charge is 0.508 e. The van der Waals surface area contributed by atoms with Crippen molar-refractivity contribution in [3.05, 3.63) is 59.7 Å². The Bertz CT molecular complexity index is 786. The molecule has 0 atom stereocenters. The van der Waals surface area contributed by atoms with Crippen molar-refractivity contribution in [2.45, 2.75) is 29.1 Å². The number of phenols is 2. The third kappa shape index (κ3) is 1.95. The summed E-state index contributed by atoms with van der Waals surface area (Å²) in [6.45, 7) is 0. The van der Waals surface area contributed by atoms with Crippen molar-refractivity contribution < 1.29 is 45.3 Å². The molecule has 2 aromatic rings. The molecule has 0 bridgehead atoms. The lowest BCUT2D eigenvalue weighted by Crippen LogP contribution is -2.56. The molecule has 1 fully saturated rings. The highest BCUT2D eigenvalue weighted by Gasteiger charge is 2.99. The van der Waals surface area contributed by atoms with Crippen molar-refractivity contribution >= 4 is 0 Å². The summed E-state index contributed by atoms with van der Waals surface area (Å²) in [5.41, 5.74) is -6.97. The van der Waals surface area contributed by atoms with Gasteiger partial charge in [0.15, 0.2) is 5.41 Å². The number of alkyl halides is 8. The maximum Gasteiger partial charge on any atom is 0.379 e. The monoisotopic (exact) mass is 398 g/mol. The molecule has 3 rings (SSSR count). The first kappa shape index (κ1) is 19.2. The minimum Gasteiger partial charge on any atom is -0.508 e. The summed E-state index contributed by atoms with van der Waals surface area (Å²) in [5, 5.41) is 18.5. The van der Waals surface area contributed by atoms with Crippen molar-refractivity contribution in [1.82, 2.24) is 0 Å². The topological polar surface area (TPSA) is 40.5 Å². The first-order valence-corrected chi connectivity index (χ1v) is 7.35. The van der Waals surface area contributed by atoms with E-state index in [9.17, 15) is 45.3 Å². The fourth-order valence-electron chi connectivity index (χ4n) is 3.38. The molecule has 0 radical (unpaired) electrons. The van der Waals surface area contributed by atoms with E-state index in [1.807, 2.05) is 0 Å². The van der Waals surface area contributed by atoms with Crippen LogP contribution in [0.5, 0.6) is 11.5 Å². The van der Waals surface area contributed by atoms with Crippen LogP contribution in [0.25, 0.3) is 0 Å². The second-order valence-corrected chi connectivity index (χ2v) is 6.14. The van der Waals surface area contributed by atoms with Crippen molar-refractivity contribution in [3.8, 4) is 11.5 Å². The molecule has 2 nitrogen and oxygen atoms in total. The van der Waals surface area contributed by atoms with Crippen molar-refractivity contribution in [3.63, 3.8) is 0 Å². The van der Waals surface area contributed by atoms with Gasteiger partial charge in [0.05, 0.1) is 0 Å². The van der Waals surface area contributed by atoms with Crippen LogP contribution in [0.4, 0.5) is 35.1 Å². The van der Waals surface area contributed by atoms with Gasteiger partial charge in [-0.3, -0.25) is 0 Å². The average molecular weight is 398 g/mol. The lowest BCUT2D eigenvalue weighted by molar-refractivity contribution is -0.303. The number of phenolic OH excluding ortho intramolecular Hbond substituents is 2. The highest BCUT2D eigenvalue weighted by molar-refractivity contribution is 5.53. The predicted molar refractivity (Wildman–Crippen MR) is 76.8 cm³/mol. The summed E-state index contributed by atoms with van der Waals surface area (Å²) >= 11 is 0. The Morgan fingerprint density at radius 2 is 0.704 bits per heavy atom.